The minimum absolute atomic E-state index is 0.0829. The van der Waals surface area contributed by atoms with Gasteiger partial charge in [0, 0.05) is 19.3 Å². The molecule has 2 rings (SSSR count). The van der Waals surface area contributed by atoms with E-state index in [-0.39, 0.29) is 10.7 Å². The van der Waals surface area contributed by atoms with Gasteiger partial charge < -0.3 is 5.73 Å². The molecule has 0 bridgehead atoms. The molecule has 0 saturated carbocycles. The van der Waals surface area contributed by atoms with E-state index < -0.39 is 10.0 Å². The van der Waals surface area contributed by atoms with Crippen molar-refractivity contribution >= 4 is 15.8 Å². The van der Waals surface area contributed by atoms with Gasteiger partial charge in [-0.25, -0.2) is 13.4 Å². The average Bonchev–Trinajstić information content (AvgIpc) is 2.28. The van der Waals surface area contributed by atoms with Crippen LogP contribution in [0, 0.1) is 0 Å². The maximum Gasteiger partial charge on any atom is 0.246 e. The molecule has 1 saturated heterocycles. The third-order valence-electron chi connectivity index (χ3n) is 3.23. The second-order valence-electron chi connectivity index (χ2n) is 4.56. The number of nitrogens with two attached hydrogens (primary N) is 1. The van der Waals surface area contributed by atoms with E-state index in [1.54, 1.807) is 10.4 Å². The summed E-state index contributed by atoms with van der Waals surface area (Å²) in [7, 11) is -3.49. The summed E-state index contributed by atoms with van der Waals surface area (Å²) in [5, 5.41) is 0. The van der Waals surface area contributed by atoms with Crippen LogP contribution in [0.1, 0.15) is 32.1 Å². The van der Waals surface area contributed by atoms with Crippen molar-refractivity contribution in [1.29, 1.82) is 0 Å². The van der Waals surface area contributed by atoms with Crippen LogP contribution in [0.3, 0.4) is 0 Å². The number of rotatable bonds is 2. The van der Waals surface area contributed by atoms with Gasteiger partial charge in [0.2, 0.25) is 10.0 Å². The van der Waals surface area contributed by atoms with Crippen LogP contribution in [0.15, 0.2) is 23.2 Å². The van der Waals surface area contributed by atoms with Gasteiger partial charge in [-0.2, -0.15) is 4.31 Å². The van der Waals surface area contributed by atoms with Crippen LogP contribution in [0.4, 0.5) is 5.82 Å². The van der Waals surface area contributed by atoms with Crippen LogP contribution < -0.4 is 5.73 Å². The lowest BCUT2D eigenvalue weighted by Crippen LogP contribution is -2.34. The molecule has 1 aromatic heterocycles. The molecular formula is C12H19N3O2S. The molecule has 0 aliphatic carbocycles. The standard InChI is InChI=1S/C12H19N3O2S/c13-12-11(7-6-8-14-12)18(16,17)15-9-4-2-1-3-5-10-15/h6-8H,1-5,9-10H2,(H2,13,14). The molecule has 100 valence electrons. The number of sulfonamides is 1. The molecule has 0 radical (unpaired) electrons. The summed E-state index contributed by atoms with van der Waals surface area (Å²) < 4.78 is 26.5. The van der Waals surface area contributed by atoms with Crippen molar-refractivity contribution < 1.29 is 8.42 Å². The Morgan fingerprint density at radius 1 is 1.11 bits per heavy atom. The van der Waals surface area contributed by atoms with Crippen molar-refractivity contribution in [3.05, 3.63) is 18.3 Å². The molecule has 0 amide bonds. The van der Waals surface area contributed by atoms with Gasteiger partial charge in [-0.3, -0.25) is 0 Å². The number of nitrogens with zero attached hydrogens (tertiary/aromatic N) is 2. The zero-order valence-corrected chi connectivity index (χ0v) is 11.2. The summed E-state index contributed by atoms with van der Waals surface area (Å²) in [5.41, 5.74) is 5.67. The highest BCUT2D eigenvalue weighted by Gasteiger charge is 2.26. The molecular weight excluding hydrogens is 250 g/mol. The van der Waals surface area contributed by atoms with Crippen molar-refractivity contribution in [3.63, 3.8) is 0 Å². The highest BCUT2D eigenvalue weighted by Crippen LogP contribution is 2.22. The molecule has 2 N–H and O–H groups in total. The molecule has 5 nitrogen and oxygen atoms in total. The number of hydrogen-bond donors (Lipinski definition) is 1. The van der Waals surface area contributed by atoms with Crippen LogP contribution in [-0.2, 0) is 10.0 Å². The predicted molar refractivity (Wildman–Crippen MR) is 70.5 cm³/mol. The molecule has 1 aromatic rings. The minimum Gasteiger partial charge on any atom is -0.383 e. The molecule has 1 aliphatic heterocycles. The zero-order chi connectivity index (χ0) is 13.0. The number of pyridine rings is 1. The summed E-state index contributed by atoms with van der Waals surface area (Å²) >= 11 is 0. The second kappa shape index (κ2) is 5.67. The lowest BCUT2D eigenvalue weighted by atomic mass is 10.1. The zero-order valence-electron chi connectivity index (χ0n) is 10.4. The predicted octanol–water partition coefficient (Wildman–Crippen LogP) is 1.62. The van der Waals surface area contributed by atoms with E-state index in [4.69, 9.17) is 5.73 Å². The molecule has 0 aromatic carbocycles. The summed E-state index contributed by atoms with van der Waals surface area (Å²) in [6, 6.07) is 3.13. The van der Waals surface area contributed by atoms with Gasteiger partial charge in [-0.05, 0) is 25.0 Å². The Kier molecular flexibility index (Phi) is 4.19. The summed E-state index contributed by atoms with van der Waals surface area (Å²) in [5.74, 6) is 0.0829. The average molecular weight is 269 g/mol. The van der Waals surface area contributed by atoms with Crippen molar-refractivity contribution in [2.24, 2.45) is 0 Å². The Labute approximate surface area is 108 Å². The van der Waals surface area contributed by atoms with Gasteiger partial charge in [0.25, 0.3) is 0 Å². The van der Waals surface area contributed by atoms with Gasteiger partial charge in [-0.15, -0.1) is 0 Å². The van der Waals surface area contributed by atoms with Crippen LogP contribution in [0.25, 0.3) is 0 Å². The smallest absolute Gasteiger partial charge is 0.246 e. The first-order chi connectivity index (χ1) is 8.62. The minimum atomic E-state index is -3.49. The van der Waals surface area contributed by atoms with Crippen molar-refractivity contribution in [2.45, 2.75) is 37.0 Å². The van der Waals surface area contributed by atoms with Crippen molar-refractivity contribution in [3.8, 4) is 0 Å². The van der Waals surface area contributed by atoms with Gasteiger partial charge >= 0.3 is 0 Å². The SMILES string of the molecule is Nc1ncccc1S(=O)(=O)N1CCCCCCC1. The number of nitrogen functional groups attached to an aromatic ring is 1. The van der Waals surface area contributed by atoms with Crippen molar-refractivity contribution in [1.82, 2.24) is 9.29 Å². The molecule has 1 fully saturated rings. The van der Waals surface area contributed by atoms with E-state index in [1.807, 2.05) is 0 Å². The third kappa shape index (κ3) is 2.81. The van der Waals surface area contributed by atoms with Crippen LogP contribution >= 0.6 is 0 Å². The first-order valence-electron chi connectivity index (χ1n) is 6.33. The molecule has 6 heteroatoms. The lowest BCUT2D eigenvalue weighted by molar-refractivity contribution is 0.364. The molecule has 1 aliphatic rings. The topological polar surface area (TPSA) is 76.3 Å². The maximum atomic E-state index is 12.5. The van der Waals surface area contributed by atoms with Gasteiger partial charge in [0.1, 0.15) is 10.7 Å². The Morgan fingerprint density at radius 2 is 1.72 bits per heavy atom. The summed E-state index contributed by atoms with van der Waals surface area (Å²) in [6.07, 6.45) is 6.71. The highest BCUT2D eigenvalue weighted by molar-refractivity contribution is 7.89. The van der Waals surface area contributed by atoms with Gasteiger partial charge in [0.15, 0.2) is 0 Å². The molecule has 0 unspecified atom stereocenters. The Bertz CT molecular complexity index is 494. The normalized spacial score (nSPS) is 19.1. The van der Waals surface area contributed by atoms with Gasteiger partial charge in [-0.1, -0.05) is 19.3 Å². The van der Waals surface area contributed by atoms with Crippen LogP contribution in [-0.4, -0.2) is 30.8 Å². The second-order valence-corrected chi connectivity index (χ2v) is 6.46. The fraction of sp³-hybridized carbons (Fsp3) is 0.583. The Balaban J connectivity index is 2.26. The van der Waals surface area contributed by atoms with E-state index in [1.165, 1.54) is 18.7 Å². The lowest BCUT2D eigenvalue weighted by Gasteiger charge is -2.24. The summed E-state index contributed by atoms with van der Waals surface area (Å²) in [4.78, 5) is 3.98. The fourth-order valence-corrected chi connectivity index (χ4v) is 3.80. The van der Waals surface area contributed by atoms with E-state index in [9.17, 15) is 8.42 Å². The fourth-order valence-electron chi connectivity index (χ4n) is 2.22. The quantitative estimate of drug-likeness (QED) is 0.885. The molecule has 0 spiro atoms. The van der Waals surface area contributed by atoms with E-state index in [2.05, 4.69) is 4.98 Å². The van der Waals surface area contributed by atoms with Crippen LogP contribution in [0.5, 0.6) is 0 Å². The van der Waals surface area contributed by atoms with Crippen LogP contribution in [0.2, 0.25) is 0 Å². The first kappa shape index (κ1) is 13.3. The first-order valence-corrected chi connectivity index (χ1v) is 7.77. The van der Waals surface area contributed by atoms with E-state index in [0.717, 1.165) is 25.7 Å². The molecule has 0 atom stereocenters. The Morgan fingerprint density at radius 3 is 2.33 bits per heavy atom. The monoisotopic (exact) mass is 269 g/mol. The third-order valence-corrected chi connectivity index (χ3v) is 5.18. The largest absolute Gasteiger partial charge is 0.383 e. The number of hydrogen-bond acceptors (Lipinski definition) is 4. The van der Waals surface area contributed by atoms with Gasteiger partial charge in [0.05, 0.1) is 0 Å². The highest BCUT2D eigenvalue weighted by atomic mass is 32.2. The van der Waals surface area contributed by atoms with E-state index in [0.29, 0.717) is 13.1 Å². The molecule has 2 heterocycles. The summed E-state index contributed by atoms with van der Waals surface area (Å²) in [6.45, 7) is 1.16. The maximum absolute atomic E-state index is 12.5. The molecule has 18 heavy (non-hydrogen) atoms. The van der Waals surface area contributed by atoms with E-state index >= 15 is 0 Å². The number of aromatic nitrogens is 1. The van der Waals surface area contributed by atoms with Crippen molar-refractivity contribution in [2.75, 3.05) is 18.8 Å². The number of anilines is 1. The Hall–Kier alpha value is -1.14.